The van der Waals surface area contributed by atoms with Gasteiger partial charge >= 0.3 is 0 Å². The number of rotatable bonds is 2. The van der Waals surface area contributed by atoms with E-state index >= 15 is 0 Å². The molecule has 2 heterocycles. The molecule has 1 aromatic rings. The lowest BCUT2D eigenvalue weighted by atomic mass is 10.3. The van der Waals surface area contributed by atoms with E-state index in [4.69, 9.17) is 16.7 Å². The van der Waals surface area contributed by atoms with Gasteiger partial charge in [-0.05, 0) is 24.3 Å². The summed E-state index contributed by atoms with van der Waals surface area (Å²) in [5.74, 6) is 3.28. The quantitative estimate of drug-likeness (QED) is 0.882. The van der Waals surface area contributed by atoms with Gasteiger partial charge in [-0.15, -0.1) is 0 Å². The molecule has 1 aliphatic heterocycles. The highest BCUT2D eigenvalue weighted by atomic mass is 35.5. The molecule has 88 valence electrons. The van der Waals surface area contributed by atoms with Crippen molar-refractivity contribution in [2.75, 3.05) is 29.5 Å². The smallest absolute Gasteiger partial charge is 0.129 e. The van der Waals surface area contributed by atoms with Crippen LogP contribution >= 0.6 is 23.4 Å². The number of anilines is 1. The molecule has 2 rings (SSSR count). The predicted molar refractivity (Wildman–Crippen MR) is 69.3 cm³/mol. The third kappa shape index (κ3) is 2.81. The maximum absolute atomic E-state index is 9.13. The Balaban J connectivity index is 2.18. The molecule has 0 aromatic carbocycles. The Morgan fingerprint density at radius 3 is 3.06 bits per heavy atom. The van der Waals surface area contributed by atoms with E-state index in [0.29, 0.717) is 10.7 Å². The molecule has 0 amide bonds. The van der Waals surface area contributed by atoms with Gasteiger partial charge < -0.3 is 10.0 Å². The number of aliphatic hydroxyl groups is 1. The van der Waals surface area contributed by atoms with Crippen molar-refractivity contribution in [3.63, 3.8) is 0 Å². The molecule has 1 aliphatic rings. The van der Waals surface area contributed by atoms with Crippen LogP contribution in [0.3, 0.4) is 0 Å². The van der Waals surface area contributed by atoms with E-state index in [-0.39, 0.29) is 6.61 Å². The van der Waals surface area contributed by atoms with Crippen molar-refractivity contribution in [1.82, 2.24) is 4.98 Å². The lowest BCUT2D eigenvalue weighted by Crippen LogP contribution is -2.26. The highest BCUT2D eigenvalue weighted by Gasteiger charge is 2.12. The largest absolute Gasteiger partial charge is 0.390 e. The van der Waals surface area contributed by atoms with Crippen LogP contribution in [0.5, 0.6) is 0 Å². The zero-order valence-corrected chi connectivity index (χ0v) is 10.6. The first-order valence-corrected chi connectivity index (χ1v) is 6.93. The van der Waals surface area contributed by atoms with E-state index in [0.717, 1.165) is 24.7 Å². The third-order valence-electron chi connectivity index (χ3n) is 2.60. The van der Waals surface area contributed by atoms with Gasteiger partial charge in [-0.25, -0.2) is 4.98 Å². The second kappa shape index (κ2) is 5.75. The molecular weight excluding hydrogens is 244 g/mol. The van der Waals surface area contributed by atoms with E-state index in [1.807, 2.05) is 23.9 Å². The summed E-state index contributed by atoms with van der Waals surface area (Å²) in [6.45, 7) is 1.95. The van der Waals surface area contributed by atoms with Gasteiger partial charge in [0.1, 0.15) is 5.82 Å². The Morgan fingerprint density at radius 1 is 1.38 bits per heavy atom. The second-order valence-electron chi connectivity index (χ2n) is 3.71. The maximum Gasteiger partial charge on any atom is 0.129 e. The second-order valence-corrected chi connectivity index (χ2v) is 5.34. The zero-order valence-electron chi connectivity index (χ0n) is 9.03. The van der Waals surface area contributed by atoms with Gasteiger partial charge in [0.05, 0.1) is 17.3 Å². The Labute approximate surface area is 105 Å². The van der Waals surface area contributed by atoms with Crippen molar-refractivity contribution in [2.45, 2.75) is 13.0 Å². The predicted octanol–water partition coefficient (Wildman–Crippen LogP) is 2.17. The van der Waals surface area contributed by atoms with E-state index in [9.17, 15) is 0 Å². The summed E-state index contributed by atoms with van der Waals surface area (Å²) < 4.78 is 0. The number of halogens is 1. The van der Waals surface area contributed by atoms with Crippen LogP contribution in [0, 0.1) is 0 Å². The normalized spacial score (nSPS) is 17.2. The standard InChI is InChI=1S/C11H15ClN2OS/c12-9-2-3-11(13-10(9)8-15)14-4-1-6-16-7-5-14/h2-3,15H,1,4-8H2. The first-order chi connectivity index (χ1) is 7.81. The molecular formula is C11H15ClN2OS. The molecule has 1 fully saturated rings. The summed E-state index contributed by atoms with van der Waals surface area (Å²) >= 11 is 7.90. The van der Waals surface area contributed by atoms with Crippen molar-refractivity contribution < 1.29 is 5.11 Å². The Morgan fingerprint density at radius 2 is 2.25 bits per heavy atom. The topological polar surface area (TPSA) is 36.4 Å². The summed E-state index contributed by atoms with van der Waals surface area (Å²) in [4.78, 5) is 6.65. The monoisotopic (exact) mass is 258 g/mol. The van der Waals surface area contributed by atoms with Crippen LogP contribution in [-0.4, -0.2) is 34.7 Å². The van der Waals surface area contributed by atoms with Crippen molar-refractivity contribution in [2.24, 2.45) is 0 Å². The lowest BCUT2D eigenvalue weighted by molar-refractivity contribution is 0.277. The average molecular weight is 259 g/mol. The zero-order chi connectivity index (χ0) is 11.4. The van der Waals surface area contributed by atoms with Crippen molar-refractivity contribution >= 4 is 29.2 Å². The summed E-state index contributed by atoms with van der Waals surface area (Å²) in [5, 5.41) is 9.66. The highest BCUT2D eigenvalue weighted by molar-refractivity contribution is 7.99. The summed E-state index contributed by atoms with van der Waals surface area (Å²) in [6, 6.07) is 3.74. The summed E-state index contributed by atoms with van der Waals surface area (Å²) in [6.07, 6.45) is 1.18. The molecule has 0 bridgehead atoms. The van der Waals surface area contributed by atoms with Crippen LogP contribution in [0.25, 0.3) is 0 Å². The van der Waals surface area contributed by atoms with E-state index in [1.54, 1.807) is 0 Å². The van der Waals surface area contributed by atoms with Gasteiger partial charge in [-0.3, -0.25) is 0 Å². The van der Waals surface area contributed by atoms with Crippen molar-refractivity contribution in [3.8, 4) is 0 Å². The molecule has 0 atom stereocenters. The van der Waals surface area contributed by atoms with Crippen LogP contribution < -0.4 is 4.90 Å². The molecule has 1 aromatic heterocycles. The highest BCUT2D eigenvalue weighted by Crippen LogP contribution is 2.21. The number of hydrogen-bond donors (Lipinski definition) is 1. The molecule has 0 unspecified atom stereocenters. The van der Waals surface area contributed by atoms with Crippen LogP contribution in [0.15, 0.2) is 12.1 Å². The molecule has 3 nitrogen and oxygen atoms in total. The van der Waals surface area contributed by atoms with Gasteiger partial charge in [-0.2, -0.15) is 11.8 Å². The molecule has 1 saturated heterocycles. The minimum atomic E-state index is -0.102. The van der Waals surface area contributed by atoms with Crippen molar-refractivity contribution in [1.29, 1.82) is 0 Å². The molecule has 1 N–H and O–H groups in total. The summed E-state index contributed by atoms with van der Waals surface area (Å²) in [7, 11) is 0. The van der Waals surface area contributed by atoms with E-state index in [2.05, 4.69) is 9.88 Å². The number of hydrogen-bond acceptors (Lipinski definition) is 4. The van der Waals surface area contributed by atoms with E-state index < -0.39 is 0 Å². The van der Waals surface area contributed by atoms with Crippen LogP contribution in [0.1, 0.15) is 12.1 Å². The Hall–Kier alpha value is -0.450. The summed E-state index contributed by atoms with van der Waals surface area (Å²) in [5.41, 5.74) is 0.566. The lowest BCUT2D eigenvalue weighted by Gasteiger charge is -2.21. The van der Waals surface area contributed by atoms with Crippen LogP contribution in [0.2, 0.25) is 5.02 Å². The number of thioether (sulfide) groups is 1. The first-order valence-electron chi connectivity index (χ1n) is 5.40. The molecule has 0 radical (unpaired) electrons. The minimum Gasteiger partial charge on any atom is -0.390 e. The molecule has 0 aliphatic carbocycles. The Kier molecular flexibility index (Phi) is 4.32. The molecule has 5 heteroatoms. The van der Waals surface area contributed by atoms with Crippen molar-refractivity contribution in [3.05, 3.63) is 22.8 Å². The number of pyridine rings is 1. The van der Waals surface area contributed by atoms with Gasteiger partial charge in [0.2, 0.25) is 0 Å². The number of nitrogens with zero attached hydrogens (tertiary/aromatic N) is 2. The average Bonchev–Trinajstić information content (AvgIpc) is 2.58. The molecule has 16 heavy (non-hydrogen) atoms. The van der Waals surface area contributed by atoms with Gasteiger partial charge in [0, 0.05) is 18.8 Å². The molecule has 0 spiro atoms. The number of aromatic nitrogens is 1. The van der Waals surface area contributed by atoms with E-state index in [1.165, 1.54) is 12.2 Å². The minimum absolute atomic E-state index is 0.102. The fourth-order valence-corrected chi connectivity index (χ4v) is 2.79. The fourth-order valence-electron chi connectivity index (χ4n) is 1.74. The van der Waals surface area contributed by atoms with Gasteiger partial charge in [0.15, 0.2) is 0 Å². The van der Waals surface area contributed by atoms with Crippen LogP contribution in [-0.2, 0) is 6.61 Å². The molecule has 0 saturated carbocycles. The maximum atomic E-state index is 9.13. The van der Waals surface area contributed by atoms with Crippen LogP contribution in [0.4, 0.5) is 5.82 Å². The Bertz CT molecular complexity index is 354. The van der Waals surface area contributed by atoms with Gasteiger partial charge in [-0.1, -0.05) is 11.6 Å². The SMILES string of the molecule is OCc1nc(N2CCCSCC2)ccc1Cl. The first kappa shape index (κ1) is 12.0. The van der Waals surface area contributed by atoms with Gasteiger partial charge in [0.25, 0.3) is 0 Å². The fraction of sp³-hybridized carbons (Fsp3) is 0.545. The third-order valence-corrected chi connectivity index (χ3v) is 3.99. The number of aliphatic hydroxyl groups excluding tert-OH is 1.